The lowest BCUT2D eigenvalue weighted by Crippen LogP contribution is -2.13. The Labute approximate surface area is 84.1 Å². The van der Waals surface area contributed by atoms with Crippen LogP contribution >= 0.6 is 12.6 Å². The standard InChI is InChI=1S/C7H12N4.CH4S/c1-2-4-7(5-3-1)11-6-8-9-10-11;1-2/h6-7H,1-5H2;2H,1H3. The van der Waals surface area contributed by atoms with E-state index in [9.17, 15) is 0 Å². The highest BCUT2D eigenvalue weighted by molar-refractivity contribution is 7.79. The Kier molecular flexibility index (Phi) is 4.82. The van der Waals surface area contributed by atoms with Gasteiger partial charge in [0.05, 0.1) is 6.04 Å². The summed E-state index contributed by atoms with van der Waals surface area (Å²) in [6, 6.07) is 0.568. The summed E-state index contributed by atoms with van der Waals surface area (Å²) in [6.45, 7) is 0. The molecule has 0 bridgehead atoms. The van der Waals surface area contributed by atoms with Crippen LogP contribution in [0.25, 0.3) is 0 Å². The molecular formula is C8H16N4S. The average Bonchev–Trinajstić information content (AvgIpc) is 2.75. The molecule has 0 radical (unpaired) electrons. The molecule has 0 saturated heterocycles. The van der Waals surface area contributed by atoms with Gasteiger partial charge in [-0.1, -0.05) is 19.3 Å². The highest BCUT2D eigenvalue weighted by Crippen LogP contribution is 2.26. The number of hydrogen-bond acceptors (Lipinski definition) is 4. The molecule has 1 heterocycles. The molecule has 1 aromatic heterocycles. The molecule has 13 heavy (non-hydrogen) atoms. The minimum Gasteiger partial charge on any atom is -0.229 e. The minimum atomic E-state index is 0.568. The Hall–Kier alpha value is -0.580. The van der Waals surface area contributed by atoms with Crippen LogP contribution in [-0.4, -0.2) is 26.5 Å². The smallest absolute Gasteiger partial charge is 0.138 e. The Balaban J connectivity index is 0.000000396. The highest BCUT2D eigenvalue weighted by Gasteiger charge is 2.15. The molecule has 1 fully saturated rings. The molecule has 74 valence electrons. The van der Waals surface area contributed by atoms with Crippen LogP contribution in [0.3, 0.4) is 0 Å². The van der Waals surface area contributed by atoms with Crippen molar-refractivity contribution in [3.8, 4) is 0 Å². The molecule has 0 aromatic carbocycles. The fraction of sp³-hybridized carbons (Fsp3) is 0.875. The largest absolute Gasteiger partial charge is 0.229 e. The van der Waals surface area contributed by atoms with E-state index in [1.165, 1.54) is 32.1 Å². The van der Waals surface area contributed by atoms with E-state index in [-0.39, 0.29) is 0 Å². The maximum Gasteiger partial charge on any atom is 0.138 e. The summed E-state index contributed by atoms with van der Waals surface area (Å²) in [5.41, 5.74) is 0. The van der Waals surface area contributed by atoms with Crippen molar-refractivity contribution < 1.29 is 0 Å². The molecule has 0 amide bonds. The lowest BCUT2D eigenvalue weighted by molar-refractivity contribution is 0.324. The molecule has 1 saturated carbocycles. The van der Waals surface area contributed by atoms with Crippen LogP contribution < -0.4 is 0 Å². The van der Waals surface area contributed by atoms with Crippen molar-refractivity contribution in [2.24, 2.45) is 0 Å². The molecule has 0 N–H and O–H groups in total. The van der Waals surface area contributed by atoms with Crippen molar-refractivity contribution in [1.29, 1.82) is 0 Å². The monoisotopic (exact) mass is 200 g/mol. The first-order valence-corrected chi connectivity index (χ1v) is 5.53. The number of aromatic nitrogens is 4. The summed E-state index contributed by atoms with van der Waals surface area (Å²) >= 11 is 3.53. The van der Waals surface area contributed by atoms with Crippen LogP contribution in [-0.2, 0) is 0 Å². The summed E-state index contributed by atoms with van der Waals surface area (Å²) in [7, 11) is 0. The third kappa shape index (κ3) is 2.99. The van der Waals surface area contributed by atoms with E-state index in [1.54, 1.807) is 12.6 Å². The van der Waals surface area contributed by atoms with Gasteiger partial charge in [-0.05, 0) is 29.5 Å². The van der Waals surface area contributed by atoms with Crippen molar-refractivity contribution in [2.75, 3.05) is 6.26 Å². The first kappa shape index (κ1) is 10.5. The van der Waals surface area contributed by atoms with E-state index in [2.05, 4.69) is 28.2 Å². The van der Waals surface area contributed by atoms with Crippen LogP contribution in [0, 0.1) is 0 Å². The second-order valence-corrected chi connectivity index (χ2v) is 3.08. The van der Waals surface area contributed by atoms with Gasteiger partial charge in [0.25, 0.3) is 0 Å². The van der Waals surface area contributed by atoms with Crippen LogP contribution in [0.2, 0.25) is 0 Å². The van der Waals surface area contributed by atoms with Crippen molar-refractivity contribution in [2.45, 2.75) is 38.1 Å². The second-order valence-electron chi connectivity index (χ2n) is 3.08. The normalized spacial score (nSPS) is 17.7. The summed E-state index contributed by atoms with van der Waals surface area (Å²) in [6.07, 6.45) is 9.92. The predicted octanol–water partition coefficient (Wildman–Crippen LogP) is 1.72. The minimum absolute atomic E-state index is 0.568. The van der Waals surface area contributed by atoms with E-state index >= 15 is 0 Å². The molecule has 0 spiro atoms. The molecule has 1 aliphatic carbocycles. The molecule has 1 aromatic rings. The van der Waals surface area contributed by atoms with Crippen LogP contribution in [0.1, 0.15) is 38.1 Å². The summed E-state index contributed by atoms with van der Waals surface area (Å²) in [5, 5.41) is 11.2. The Morgan fingerprint density at radius 3 is 2.46 bits per heavy atom. The summed E-state index contributed by atoms with van der Waals surface area (Å²) < 4.78 is 1.89. The van der Waals surface area contributed by atoms with Gasteiger partial charge in [-0.15, -0.1) is 5.10 Å². The fourth-order valence-electron chi connectivity index (χ4n) is 1.68. The van der Waals surface area contributed by atoms with E-state index in [0.717, 1.165) is 0 Å². The number of tetrazole rings is 1. The van der Waals surface area contributed by atoms with Crippen molar-refractivity contribution >= 4 is 12.6 Å². The number of hydrogen-bond donors (Lipinski definition) is 1. The molecular weight excluding hydrogens is 184 g/mol. The van der Waals surface area contributed by atoms with Crippen LogP contribution in [0.4, 0.5) is 0 Å². The van der Waals surface area contributed by atoms with Crippen molar-refractivity contribution in [3.05, 3.63) is 6.33 Å². The number of thiol groups is 1. The zero-order chi connectivity index (χ0) is 9.52. The zero-order valence-corrected chi connectivity index (χ0v) is 8.82. The first-order valence-electron chi connectivity index (χ1n) is 4.64. The summed E-state index contributed by atoms with van der Waals surface area (Å²) in [5.74, 6) is 0. The Morgan fingerprint density at radius 1 is 1.23 bits per heavy atom. The highest BCUT2D eigenvalue weighted by atomic mass is 32.1. The summed E-state index contributed by atoms with van der Waals surface area (Å²) in [4.78, 5) is 0. The third-order valence-corrected chi connectivity index (χ3v) is 2.31. The van der Waals surface area contributed by atoms with Crippen LogP contribution in [0.5, 0.6) is 0 Å². The van der Waals surface area contributed by atoms with Gasteiger partial charge in [-0.2, -0.15) is 12.6 Å². The van der Waals surface area contributed by atoms with E-state index in [4.69, 9.17) is 0 Å². The van der Waals surface area contributed by atoms with Gasteiger partial charge in [0.15, 0.2) is 0 Å². The number of nitrogens with zero attached hydrogens (tertiary/aromatic N) is 4. The molecule has 0 unspecified atom stereocenters. The van der Waals surface area contributed by atoms with Gasteiger partial charge in [0, 0.05) is 0 Å². The van der Waals surface area contributed by atoms with Gasteiger partial charge in [0.2, 0.25) is 0 Å². The van der Waals surface area contributed by atoms with Crippen LogP contribution in [0.15, 0.2) is 6.33 Å². The predicted molar refractivity (Wildman–Crippen MR) is 54.8 cm³/mol. The van der Waals surface area contributed by atoms with Gasteiger partial charge in [0.1, 0.15) is 6.33 Å². The molecule has 1 aliphatic rings. The molecule has 4 nitrogen and oxygen atoms in total. The molecule has 0 atom stereocenters. The van der Waals surface area contributed by atoms with Crippen molar-refractivity contribution in [1.82, 2.24) is 20.2 Å². The molecule has 0 aliphatic heterocycles. The quantitative estimate of drug-likeness (QED) is 0.702. The first-order chi connectivity index (χ1) is 6.47. The van der Waals surface area contributed by atoms with Crippen molar-refractivity contribution in [3.63, 3.8) is 0 Å². The Morgan fingerprint density at radius 2 is 1.92 bits per heavy atom. The van der Waals surface area contributed by atoms with Gasteiger partial charge in [-0.3, -0.25) is 0 Å². The molecule has 5 heteroatoms. The zero-order valence-electron chi connectivity index (χ0n) is 7.93. The maximum atomic E-state index is 3.90. The van der Waals surface area contributed by atoms with Gasteiger partial charge >= 0.3 is 0 Å². The van der Waals surface area contributed by atoms with Gasteiger partial charge in [-0.25, -0.2) is 4.68 Å². The topological polar surface area (TPSA) is 43.6 Å². The van der Waals surface area contributed by atoms with E-state index in [1.807, 2.05) is 4.68 Å². The number of rotatable bonds is 1. The lowest BCUT2D eigenvalue weighted by Gasteiger charge is -2.20. The third-order valence-electron chi connectivity index (χ3n) is 2.31. The van der Waals surface area contributed by atoms with Gasteiger partial charge < -0.3 is 0 Å². The second kappa shape index (κ2) is 5.96. The lowest BCUT2D eigenvalue weighted by atomic mass is 9.96. The van der Waals surface area contributed by atoms with E-state index < -0.39 is 0 Å². The Bertz CT molecular complexity index is 206. The maximum absolute atomic E-state index is 3.90. The average molecular weight is 200 g/mol. The van der Waals surface area contributed by atoms with E-state index in [0.29, 0.717) is 6.04 Å². The SMILES string of the molecule is CS.c1nnnn1C1CCCCC1. The molecule has 2 rings (SSSR count). The fourth-order valence-corrected chi connectivity index (χ4v) is 1.68.